The molecule has 9 heteroatoms. The number of nitrogens with one attached hydrogen (secondary N) is 2. The third-order valence-electron chi connectivity index (χ3n) is 4.52. The van der Waals surface area contributed by atoms with Gasteiger partial charge in [-0.15, -0.1) is 0 Å². The molecule has 0 spiro atoms. The fourth-order valence-corrected chi connectivity index (χ4v) is 4.35. The Morgan fingerprint density at radius 1 is 1.14 bits per heavy atom. The molecule has 0 radical (unpaired) electrons. The molecule has 28 heavy (non-hydrogen) atoms. The summed E-state index contributed by atoms with van der Waals surface area (Å²) in [5.74, 6) is -0.484. The van der Waals surface area contributed by atoms with Gasteiger partial charge < -0.3 is 19.6 Å². The maximum Gasteiger partial charge on any atom is 0.322 e. The van der Waals surface area contributed by atoms with Gasteiger partial charge in [-0.2, -0.15) is 4.72 Å². The van der Waals surface area contributed by atoms with Crippen LogP contribution in [0, 0.1) is 0 Å². The number of hydrogen-bond donors (Lipinski definition) is 3. The van der Waals surface area contributed by atoms with Gasteiger partial charge in [0.25, 0.3) is 0 Å². The molecule has 8 nitrogen and oxygen atoms in total. The Kier molecular flexibility index (Phi) is 4.70. The molecule has 146 valence electrons. The summed E-state index contributed by atoms with van der Waals surface area (Å²) in [6.45, 7) is 0.714. The van der Waals surface area contributed by atoms with E-state index in [1.165, 1.54) is 18.2 Å². The summed E-state index contributed by atoms with van der Waals surface area (Å²) >= 11 is 0. The Balaban J connectivity index is 1.59. The zero-order valence-corrected chi connectivity index (χ0v) is 15.5. The van der Waals surface area contributed by atoms with Crippen LogP contribution in [0.1, 0.15) is 5.56 Å². The number of ether oxygens (including phenoxy) is 2. The lowest BCUT2D eigenvalue weighted by molar-refractivity contribution is -0.138. The van der Waals surface area contributed by atoms with E-state index in [1.807, 2.05) is 24.3 Å². The molecule has 4 rings (SSSR count). The third-order valence-corrected chi connectivity index (χ3v) is 5.99. The summed E-state index contributed by atoms with van der Waals surface area (Å²) < 4.78 is 38.6. The number of carbonyl (C=O) groups is 1. The standard InChI is InChI=1S/C19H18N2O6S/c22-19(23)16(9-12-11-20-15-4-2-1-3-14(12)15)21-28(24,25)13-5-6-17-18(10-13)27-8-7-26-17/h1-6,10-11,16,20-21H,7-9H2,(H,22,23)/t16-/m1/s1. The second kappa shape index (κ2) is 7.17. The van der Waals surface area contributed by atoms with Gasteiger partial charge in [-0.25, -0.2) is 8.42 Å². The number of fused-ring (bicyclic) bond motifs is 2. The van der Waals surface area contributed by atoms with Crippen LogP contribution in [-0.2, 0) is 21.2 Å². The summed E-state index contributed by atoms with van der Waals surface area (Å²) in [6.07, 6.45) is 1.70. The van der Waals surface area contributed by atoms with Crippen LogP contribution in [0.25, 0.3) is 10.9 Å². The van der Waals surface area contributed by atoms with Crippen LogP contribution in [-0.4, -0.2) is 43.7 Å². The van der Waals surface area contributed by atoms with Gasteiger partial charge in [0.15, 0.2) is 11.5 Å². The van der Waals surface area contributed by atoms with Gasteiger partial charge in [0.1, 0.15) is 19.3 Å². The number of hydrogen-bond acceptors (Lipinski definition) is 5. The number of para-hydroxylation sites is 1. The first-order valence-corrected chi connectivity index (χ1v) is 10.1. The highest BCUT2D eigenvalue weighted by Gasteiger charge is 2.27. The molecule has 1 aromatic heterocycles. The lowest BCUT2D eigenvalue weighted by atomic mass is 10.1. The van der Waals surface area contributed by atoms with E-state index >= 15 is 0 Å². The number of aromatic nitrogens is 1. The fourth-order valence-electron chi connectivity index (χ4n) is 3.15. The molecule has 0 bridgehead atoms. The van der Waals surface area contributed by atoms with E-state index in [-0.39, 0.29) is 11.3 Å². The lowest BCUT2D eigenvalue weighted by Crippen LogP contribution is -2.42. The second-order valence-electron chi connectivity index (χ2n) is 6.38. The fraction of sp³-hybridized carbons (Fsp3) is 0.211. The van der Waals surface area contributed by atoms with Gasteiger partial charge in [-0.05, 0) is 23.8 Å². The zero-order chi connectivity index (χ0) is 19.7. The van der Waals surface area contributed by atoms with Gasteiger partial charge >= 0.3 is 5.97 Å². The van der Waals surface area contributed by atoms with Crippen LogP contribution >= 0.6 is 0 Å². The number of sulfonamides is 1. The highest BCUT2D eigenvalue weighted by Crippen LogP contribution is 2.32. The predicted molar refractivity (Wildman–Crippen MR) is 101 cm³/mol. The molecule has 1 aliphatic heterocycles. The van der Waals surface area contributed by atoms with Crippen molar-refractivity contribution in [2.45, 2.75) is 17.4 Å². The normalized spacial score (nSPS) is 14.7. The molecule has 3 N–H and O–H groups in total. The largest absolute Gasteiger partial charge is 0.486 e. The summed E-state index contributed by atoms with van der Waals surface area (Å²) in [6, 6.07) is 10.3. The molecule has 0 aliphatic carbocycles. The highest BCUT2D eigenvalue weighted by molar-refractivity contribution is 7.89. The van der Waals surface area contributed by atoms with E-state index < -0.39 is 22.0 Å². The molecule has 2 heterocycles. The van der Waals surface area contributed by atoms with Crippen LogP contribution in [0.2, 0.25) is 0 Å². The van der Waals surface area contributed by atoms with Crippen molar-refractivity contribution in [3.05, 3.63) is 54.2 Å². The molecule has 0 amide bonds. The number of carboxylic acids is 1. The van der Waals surface area contributed by atoms with Crippen molar-refractivity contribution in [2.75, 3.05) is 13.2 Å². The Hall–Kier alpha value is -3.04. The molecule has 2 aromatic carbocycles. The van der Waals surface area contributed by atoms with Crippen LogP contribution in [0.3, 0.4) is 0 Å². The third kappa shape index (κ3) is 3.54. The minimum Gasteiger partial charge on any atom is -0.486 e. The molecule has 0 unspecified atom stereocenters. The van der Waals surface area contributed by atoms with E-state index in [2.05, 4.69) is 9.71 Å². The molecular formula is C19H18N2O6S. The average molecular weight is 402 g/mol. The van der Waals surface area contributed by atoms with Crippen molar-refractivity contribution in [3.8, 4) is 11.5 Å². The van der Waals surface area contributed by atoms with Crippen molar-refractivity contribution in [1.82, 2.24) is 9.71 Å². The van der Waals surface area contributed by atoms with E-state index in [9.17, 15) is 18.3 Å². The number of rotatable bonds is 6. The van der Waals surface area contributed by atoms with Crippen LogP contribution in [0.5, 0.6) is 11.5 Å². The van der Waals surface area contributed by atoms with Gasteiger partial charge in [-0.3, -0.25) is 4.79 Å². The van der Waals surface area contributed by atoms with Gasteiger partial charge in [0, 0.05) is 29.6 Å². The maximum atomic E-state index is 12.7. The molecule has 0 fully saturated rings. The minimum atomic E-state index is -4.07. The molecule has 0 saturated heterocycles. The van der Waals surface area contributed by atoms with Crippen molar-refractivity contribution in [3.63, 3.8) is 0 Å². The Labute approximate surface area is 161 Å². The first-order chi connectivity index (χ1) is 13.4. The average Bonchev–Trinajstić information content (AvgIpc) is 3.10. The van der Waals surface area contributed by atoms with Crippen molar-refractivity contribution >= 4 is 26.9 Å². The number of carboxylic acid groups (broad SMARTS) is 1. The van der Waals surface area contributed by atoms with E-state index in [0.717, 1.165) is 10.9 Å². The van der Waals surface area contributed by atoms with Crippen molar-refractivity contribution in [1.29, 1.82) is 0 Å². The van der Waals surface area contributed by atoms with Crippen LogP contribution in [0.4, 0.5) is 0 Å². The first-order valence-electron chi connectivity index (χ1n) is 8.64. The summed E-state index contributed by atoms with van der Waals surface area (Å²) in [4.78, 5) is 14.7. The Morgan fingerprint density at radius 3 is 2.68 bits per heavy atom. The highest BCUT2D eigenvalue weighted by atomic mass is 32.2. The van der Waals surface area contributed by atoms with E-state index in [1.54, 1.807) is 6.20 Å². The summed E-state index contributed by atoms with van der Waals surface area (Å²) in [5.41, 5.74) is 1.57. The number of aliphatic carboxylic acids is 1. The van der Waals surface area contributed by atoms with Crippen molar-refractivity contribution in [2.24, 2.45) is 0 Å². The molecule has 1 aliphatic rings. The van der Waals surface area contributed by atoms with Gasteiger partial charge in [0.05, 0.1) is 4.90 Å². The smallest absolute Gasteiger partial charge is 0.322 e. The van der Waals surface area contributed by atoms with Crippen molar-refractivity contribution < 1.29 is 27.8 Å². The number of benzene rings is 2. The van der Waals surface area contributed by atoms with Crippen LogP contribution < -0.4 is 14.2 Å². The predicted octanol–water partition coefficient (Wildman–Crippen LogP) is 1.91. The van der Waals surface area contributed by atoms with Crippen LogP contribution in [0.15, 0.2) is 53.6 Å². The summed E-state index contributed by atoms with van der Waals surface area (Å²) in [7, 11) is -4.07. The number of aromatic amines is 1. The first kappa shape index (κ1) is 18.3. The van der Waals surface area contributed by atoms with E-state index in [0.29, 0.717) is 30.3 Å². The molecule has 3 aromatic rings. The SMILES string of the molecule is O=C(O)[C@@H](Cc1c[nH]c2ccccc12)NS(=O)(=O)c1ccc2c(c1)OCCO2. The Morgan fingerprint density at radius 2 is 1.89 bits per heavy atom. The Bertz CT molecular complexity index is 1140. The lowest BCUT2D eigenvalue weighted by Gasteiger charge is -2.19. The molecule has 1 atom stereocenters. The topological polar surface area (TPSA) is 118 Å². The summed E-state index contributed by atoms with van der Waals surface area (Å²) in [5, 5.41) is 10.4. The van der Waals surface area contributed by atoms with Gasteiger partial charge in [-0.1, -0.05) is 18.2 Å². The minimum absolute atomic E-state index is 0.00310. The van der Waals surface area contributed by atoms with Gasteiger partial charge in [0.2, 0.25) is 10.0 Å². The number of H-pyrrole nitrogens is 1. The maximum absolute atomic E-state index is 12.7. The monoisotopic (exact) mass is 402 g/mol. The molecule has 0 saturated carbocycles. The zero-order valence-electron chi connectivity index (χ0n) is 14.7. The van der Waals surface area contributed by atoms with E-state index in [4.69, 9.17) is 9.47 Å². The quantitative estimate of drug-likeness (QED) is 0.580. The second-order valence-corrected chi connectivity index (χ2v) is 8.10. The molecular weight excluding hydrogens is 384 g/mol.